The predicted octanol–water partition coefficient (Wildman–Crippen LogP) is 6.72. The van der Waals surface area contributed by atoms with E-state index in [-0.39, 0.29) is 10.9 Å². The Kier molecular flexibility index (Phi) is 8.82. The van der Waals surface area contributed by atoms with E-state index in [9.17, 15) is 14.7 Å². The van der Waals surface area contributed by atoms with Crippen molar-refractivity contribution >= 4 is 46.7 Å². The van der Waals surface area contributed by atoms with E-state index < -0.39 is 18.1 Å². The molecule has 7 nitrogen and oxygen atoms in total. The van der Waals surface area contributed by atoms with Crippen LogP contribution in [0.5, 0.6) is 17.2 Å². The van der Waals surface area contributed by atoms with Crippen molar-refractivity contribution < 1.29 is 28.9 Å². The third-order valence-electron chi connectivity index (χ3n) is 5.81. The summed E-state index contributed by atoms with van der Waals surface area (Å²) in [7, 11) is 0. The SMILES string of the molecule is CCOC(Cc1ccc(Cl)c(Cl)c1)NC(=O)c1ccc(Oc2cc3c(cc2Cl)C(C(=O)O)CCO3)cc1. The Morgan fingerprint density at radius 1 is 1.05 bits per heavy atom. The lowest BCUT2D eigenvalue weighted by molar-refractivity contribution is -0.139. The van der Waals surface area contributed by atoms with Crippen molar-refractivity contribution in [3.05, 3.63) is 86.4 Å². The number of nitrogens with one attached hydrogen (secondary N) is 1. The number of aliphatic carboxylic acids is 1. The molecule has 2 unspecified atom stereocenters. The van der Waals surface area contributed by atoms with Crippen molar-refractivity contribution in [3.8, 4) is 17.2 Å². The molecule has 3 aromatic rings. The maximum atomic E-state index is 12.8. The summed E-state index contributed by atoms with van der Waals surface area (Å²) in [5.74, 6) is -0.720. The van der Waals surface area contributed by atoms with Crippen LogP contribution in [0.1, 0.15) is 40.7 Å². The van der Waals surface area contributed by atoms with Crippen LogP contribution >= 0.6 is 34.8 Å². The number of carbonyl (C=O) groups excluding carboxylic acids is 1. The second-order valence-electron chi connectivity index (χ2n) is 8.34. The average Bonchev–Trinajstić information content (AvgIpc) is 2.87. The number of ether oxygens (including phenoxy) is 3. The molecule has 0 aromatic heterocycles. The van der Waals surface area contributed by atoms with Crippen molar-refractivity contribution in [2.45, 2.75) is 31.9 Å². The van der Waals surface area contributed by atoms with Gasteiger partial charge in [0.15, 0.2) is 0 Å². The lowest BCUT2D eigenvalue weighted by Gasteiger charge is -2.24. The van der Waals surface area contributed by atoms with Crippen LogP contribution < -0.4 is 14.8 Å². The van der Waals surface area contributed by atoms with Gasteiger partial charge in [0.2, 0.25) is 0 Å². The molecule has 1 heterocycles. The second-order valence-corrected chi connectivity index (χ2v) is 9.57. The number of carboxylic acids is 1. The molecule has 0 saturated carbocycles. The maximum Gasteiger partial charge on any atom is 0.311 e. The number of rotatable bonds is 9. The predicted molar refractivity (Wildman–Crippen MR) is 142 cm³/mol. The molecule has 1 amide bonds. The molecule has 194 valence electrons. The molecule has 3 aromatic carbocycles. The number of amides is 1. The van der Waals surface area contributed by atoms with Crippen LogP contribution in [0.3, 0.4) is 0 Å². The lowest BCUT2D eigenvalue weighted by atomic mass is 9.93. The Balaban J connectivity index is 1.43. The van der Waals surface area contributed by atoms with Gasteiger partial charge >= 0.3 is 5.97 Å². The standard InChI is InChI=1S/C27H24Cl3NO6/c1-2-35-25(12-15-3-8-20(28)21(29)11-15)31-26(32)16-4-6-17(7-5-16)37-24-14-23-19(13-22(24)30)18(27(33)34)9-10-36-23/h3-8,11,13-14,18,25H,2,9-10,12H2,1H3,(H,31,32)(H,33,34). The number of halogens is 3. The molecular weight excluding hydrogens is 541 g/mol. The third-order valence-corrected chi connectivity index (χ3v) is 6.85. The molecule has 4 rings (SSSR count). The highest BCUT2D eigenvalue weighted by Gasteiger charge is 2.29. The molecular formula is C27H24Cl3NO6. The van der Waals surface area contributed by atoms with Crippen LogP contribution in [-0.2, 0) is 16.0 Å². The Hall–Kier alpha value is -2.97. The van der Waals surface area contributed by atoms with E-state index in [0.717, 1.165) is 5.56 Å². The van der Waals surface area contributed by atoms with E-state index in [2.05, 4.69) is 5.32 Å². The number of benzene rings is 3. The summed E-state index contributed by atoms with van der Waals surface area (Å²) in [6, 6.07) is 14.9. The van der Waals surface area contributed by atoms with Crippen molar-refractivity contribution in [3.63, 3.8) is 0 Å². The maximum absolute atomic E-state index is 12.8. The molecule has 0 saturated heterocycles. The first kappa shape index (κ1) is 27.1. The van der Waals surface area contributed by atoms with Gasteiger partial charge in [-0.2, -0.15) is 0 Å². The van der Waals surface area contributed by atoms with E-state index in [1.807, 2.05) is 13.0 Å². The lowest BCUT2D eigenvalue weighted by Crippen LogP contribution is -2.38. The van der Waals surface area contributed by atoms with E-state index in [0.29, 0.717) is 64.5 Å². The molecule has 0 bridgehead atoms. The zero-order valence-corrected chi connectivity index (χ0v) is 22.1. The molecule has 37 heavy (non-hydrogen) atoms. The molecule has 0 fully saturated rings. The zero-order valence-electron chi connectivity index (χ0n) is 19.8. The largest absolute Gasteiger partial charge is 0.493 e. The Morgan fingerprint density at radius 2 is 1.81 bits per heavy atom. The summed E-state index contributed by atoms with van der Waals surface area (Å²) in [5.41, 5.74) is 1.81. The van der Waals surface area contributed by atoms with Gasteiger partial charge in [-0.05, 0) is 61.4 Å². The van der Waals surface area contributed by atoms with E-state index in [4.69, 9.17) is 49.0 Å². The Labute approximate surface area is 229 Å². The summed E-state index contributed by atoms with van der Waals surface area (Å²) in [5, 5.41) is 13.5. The first-order chi connectivity index (χ1) is 17.7. The van der Waals surface area contributed by atoms with Crippen molar-refractivity contribution in [2.24, 2.45) is 0 Å². The molecule has 0 aliphatic carbocycles. The van der Waals surface area contributed by atoms with Gasteiger partial charge in [0, 0.05) is 30.2 Å². The third kappa shape index (κ3) is 6.67. The van der Waals surface area contributed by atoms with Crippen LogP contribution in [-0.4, -0.2) is 36.4 Å². The highest BCUT2D eigenvalue weighted by Crippen LogP contribution is 2.41. The topological polar surface area (TPSA) is 94.1 Å². The fourth-order valence-corrected chi connectivity index (χ4v) is 4.52. The number of hydrogen-bond donors (Lipinski definition) is 2. The van der Waals surface area contributed by atoms with Crippen LogP contribution in [0.15, 0.2) is 54.6 Å². The van der Waals surface area contributed by atoms with Gasteiger partial charge in [-0.15, -0.1) is 0 Å². The quantitative estimate of drug-likeness (QED) is 0.280. The van der Waals surface area contributed by atoms with E-state index in [1.54, 1.807) is 48.5 Å². The molecule has 2 atom stereocenters. The van der Waals surface area contributed by atoms with Gasteiger partial charge < -0.3 is 24.6 Å². The van der Waals surface area contributed by atoms with Gasteiger partial charge in [0.1, 0.15) is 23.5 Å². The molecule has 1 aliphatic rings. The Morgan fingerprint density at radius 3 is 2.49 bits per heavy atom. The van der Waals surface area contributed by atoms with Gasteiger partial charge in [-0.25, -0.2) is 0 Å². The summed E-state index contributed by atoms with van der Waals surface area (Å²) in [6.07, 6.45) is 0.230. The summed E-state index contributed by atoms with van der Waals surface area (Å²) in [6.45, 7) is 2.55. The van der Waals surface area contributed by atoms with Gasteiger partial charge in [0.05, 0.1) is 27.6 Å². The van der Waals surface area contributed by atoms with Crippen LogP contribution in [0, 0.1) is 0 Å². The highest BCUT2D eigenvalue weighted by molar-refractivity contribution is 6.42. The minimum Gasteiger partial charge on any atom is -0.493 e. The molecule has 0 spiro atoms. The number of carbonyl (C=O) groups is 2. The summed E-state index contributed by atoms with van der Waals surface area (Å²) >= 11 is 18.5. The van der Waals surface area contributed by atoms with Crippen LogP contribution in [0.4, 0.5) is 0 Å². The van der Waals surface area contributed by atoms with E-state index in [1.165, 1.54) is 0 Å². The van der Waals surface area contributed by atoms with Crippen molar-refractivity contribution in [1.29, 1.82) is 0 Å². The minimum atomic E-state index is -0.924. The first-order valence-electron chi connectivity index (χ1n) is 11.6. The average molecular weight is 565 g/mol. The molecule has 0 radical (unpaired) electrons. The van der Waals surface area contributed by atoms with Crippen molar-refractivity contribution in [1.82, 2.24) is 5.32 Å². The monoisotopic (exact) mass is 563 g/mol. The van der Waals surface area contributed by atoms with E-state index >= 15 is 0 Å². The molecule has 1 aliphatic heterocycles. The molecule has 10 heteroatoms. The van der Waals surface area contributed by atoms with Crippen molar-refractivity contribution in [2.75, 3.05) is 13.2 Å². The van der Waals surface area contributed by atoms with Gasteiger partial charge in [0.25, 0.3) is 5.91 Å². The highest BCUT2D eigenvalue weighted by atomic mass is 35.5. The van der Waals surface area contributed by atoms with Crippen LogP contribution in [0.25, 0.3) is 0 Å². The molecule has 2 N–H and O–H groups in total. The first-order valence-corrected chi connectivity index (χ1v) is 12.7. The normalized spacial score (nSPS) is 15.3. The zero-order chi connectivity index (χ0) is 26.5. The number of fused-ring (bicyclic) bond motifs is 1. The number of carboxylic acid groups (broad SMARTS) is 1. The summed E-state index contributed by atoms with van der Waals surface area (Å²) < 4.78 is 17.2. The fraction of sp³-hybridized carbons (Fsp3) is 0.259. The smallest absolute Gasteiger partial charge is 0.311 e. The van der Waals surface area contributed by atoms with Gasteiger partial charge in [-0.3, -0.25) is 9.59 Å². The fourth-order valence-electron chi connectivity index (χ4n) is 3.99. The van der Waals surface area contributed by atoms with Gasteiger partial charge in [-0.1, -0.05) is 40.9 Å². The minimum absolute atomic E-state index is 0.263. The summed E-state index contributed by atoms with van der Waals surface area (Å²) in [4.78, 5) is 24.4. The second kappa shape index (κ2) is 12.0. The van der Waals surface area contributed by atoms with Crippen LogP contribution in [0.2, 0.25) is 15.1 Å². The Bertz CT molecular complexity index is 1300. The number of hydrogen-bond acceptors (Lipinski definition) is 5.